The number of carbonyl (C=O) groups excluding carboxylic acids is 1. The van der Waals surface area contributed by atoms with Crippen LogP contribution in [0.3, 0.4) is 0 Å². The molecule has 5 N–H and O–H groups in total. The summed E-state index contributed by atoms with van der Waals surface area (Å²) in [6.45, 7) is 4.26. The van der Waals surface area contributed by atoms with Crippen molar-refractivity contribution in [3.05, 3.63) is 0 Å². The number of nitrogens with one attached hydrogen (secondary N) is 1. The highest BCUT2D eigenvalue weighted by molar-refractivity contribution is 7.47. The number of phosphoric acid groups is 1. The smallest absolute Gasteiger partial charge is 0.391 e. The second-order valence-electron chi connectivity index (χ2n) is 17.7. The van der Waals surface area contributed by atoms with Gasteiger partial charge in [-0.1, -0.05) is 258 Å². The number of nitrogens with two attached hydrogens (primary N) is 1. The summed E-state index contributed by atoms with van der Waals surface area (Å²) < 4.78 is 22.3. The first kappa shape index (κ1) is 57.5. The first-order chi connectivity index (χ1) is 28.4. The number of hydrogen-bond acceptors (Lipinski definition) is 6. The summed E-state index contributed by atoms with van der Waals surface area (Å²) in [6, 6.07) is -0.768. The molecule has 3 unspecified atom stereocenters. The second-order valence-corrected chi connectivity index (χ2v) is 19.2. The van der Waals surface area contributed by atoms with Crippen LogP contribution < -0.4 is 11.1 Å². The molecule has 0 spiro atoms. The zero-order valence-corrected chi connectivity index (χ0v) is 39.7. The minimum atomic E-state index is -4.31. The van der Waals surface area contributed by atoms with Crippen molar-refractivity contribution >= 4 is 13.7 Å². The van der Waals surface area contributed by atoms with Crippen LogP contribution in [-0.2, 0) is 18.4 Å². The Morgan fingerprint density at radius 2 is 0.793 bits per heavy atom. The van der Waals surface area contributed by atoms with E-state index >= 15 is 0 Å². The third kappa shape index (κ3) is 43.6. The van der Waals surface area contributed by atoms with Gasteiger partial charge < -0.3 is 21.1 Å². The molecular weight excluding hydrogens is 744 g/mol. The van der Waals surface area contributed by atoms with E-state index in [0.29, 0.717) is 12.8 Å². The Labute approximate surface area is 361 Å². The van der Waals surface area contributed by atoms with Crippen LogP contribution in [0.4, 0.5) is 0 Å². The van der Waals surface area contributed by atoms with E-state index in [0.717, 1.165) is 38.5 Å². The third-order valence-electron chi connectivity index (χ3n) is 12.0. The minimum absolute atomic E-state index is 0.0928. The molecule has 0 fully saturated rings. The number of amides is 1. The van der Waals surface area contributed by atoms with E-state index in [1.807, 2.05) is 0 Å². The van der Waals surface area contributed by atoms with Crippen molar-refractivity contribution in [1.82, 2.24) is 5.32 Å². The van der Waals surface area contributed by atoms with Crippen molar-refractivity contribution in [2.24, 2.45) is 5.73 Å². The summed E-state index contributed by atoms with van der Waals surface area (Å²) >= 11 is 0. The van der Waals surface area contributed by atoms with Gasteiger partial charge in [0.05, 0.1) is 25.4 Å². The average Bonchev–Trinajstić information content (AvgIpc) is 3.21. The Morgan fingerprint density at radius 1 is 0.500 bits per heavy atom. The molecule has 3 atom stereocenters. The fourth-order valence-corrected chi connectivity index (χ4v) is 8.84. The molecule has 0 radical (unpaired) electrons. The zero-order valence-electron chi connectivity index (χ0n) is 38.8. The Kier molecular flexibility index (Phi) is 45.6. The molecule has 0 aromatic carbocycles. The minimum Gasteiger partial charge on any atom is -0.391 e. The Balaban J connectivity index is 4.01. The lowest BCUT2D eigenvalue weighted by molar-refractivity contribution is -0.123. The summed E-state index contributed by atoms with van der Waals surface area (Å²) in [5.74, 6) is -0.154. The molecule has 0 aliphatic heterocycles. The van der Waals surface area contributed by atoms with Crippen LogP contribution in [0, 0.1) is 0 Å². The van der Waals surface area contributed by atoms with Crippen LogP contribution in [0.2, 0.25) is 0 Å². The topological polar surface area (TPSA) is 131 Å². The van der Waals surface area contributed by atoms with Crippen LogP contribution in [0.1, 0.15) is 277 Å². The molecule has 0 saturated carbocycles. The highest BCUT2D eigenvalue weighted by atomic mass is 31.2. The molecule has 58 heavy (non-hydrogen) atoms. The van der Waals surface area contributed by atoms with Gasteiger partial charge in [-0.25, -0.2) is 4.57 Å². The van der Waals surface area contributed by atoms with Gasteiger partial charge in [-0.3, -0.25) is 13.8 Å². The molecule has 0 heterocycles. The van der Waals surface area contributed by atoms with Crippen LogP contribution in [0.5, 0.6) is 0 Å². The maximum Gasteiger partial charge on any atom is 0.472 e. The second kappa shape index (κ2) is 46.0. The van der Waals surface area contributed by atoms with E-state index in [-0.39, 0.29) is 25.7 Å². The molecule has 8 nitrogen and oxygen atoms in total. The van der Waals surface area contributed by atoms with Gasteiger partial charge in [0.15, 0.2) is 0 Å². The van der Waals surface area contributed by atoms with E-state index in [2.05, 4.69) is 19.2 Å². The molecule has 0 aromatic rings. The predicted molar refractivity (Wildman–Crippen MR) is 249 cm³/mol. The van der Waals surface area contributed by atoms with E-state index in [1.165, 1.54) is 212 Å². The molecule has 1 amide bonds. The summed E-state index contributed by atoms with van der Waals surface area (Å²) in [6.07, 6.45) is 51.2. The normalized spacial score (nSPS) is 13.8. The number of unbranched alkanes of at least 4 members (excludes halogenated alkanes) is 37. The Hall–Kier alpha value is -0.500. The van der Waals surface area contributed by atoms with Crippen LogP contribution in [-0.4, -0.2) is 47.8 Å². The molecule has 348 valence electrons. The summed E-state index contributed by atoms with van der Waals surface area (Å²) in [5.41, 5.74) is 5.40. The van der Waals surface area contributed by atoms with Gasteiger partial charge in [0, 0.05) is 13.0 Å². The number of rotatable bonds is 49. The fraction of sp³-hybridized carbons (Fsp3) is 0.980. The Morgan fingerprint density at radius 3 is 1.10 bits per heavy atom. The quantitative estimate of drug-likeness (QED) is 0.0354. The maximum absolute atomic E-state index is 12.8. The van der Waals surface area contributed by atoms with Gasteiger partial charge in [-0.15, -0.1) is 0 Å². The third-order valence-corrected chi connectivity index (χ3v) is 12.9. The van der Waals surface area contributed by atoms with Crippen molar-refractivity contribution in [2.45, 2.75) is 289 Å². The van der Waals surface area contributed by atoms with E-state index in [4.69, 9.17) is 14.8 Å². The summed E-state index contributed by atoms with van der Waals surface area (Å²) in [4.78, 5) is 22.8. The number of carbonyl (C=O) groups is 1. The molecule has 0 aromatic heterocycles. The van der Waals surface area contributed by atoms with Crippen LogP contribution in [0.25, 0.3) is 0 Å². The van der Waals surface area contributed by atoms with Crippen molar-refractivity contribution in [1.29, 1.82) is 0 Å². The van der Waals surface area contributed by atoms with Gasteiger partial charge >= 0.3 is 7.82 Å². The van der Waals surface area contributed by atoms with Crippen molar-refractivity contribution in [2.75, 3.05) is 19.8 Å². The number of hydrogen-bond donors (Lipinski definition) is 4. The van der Waals surface area contributed by atoms with Crippen LogP contribution >= 0.6 is 7.82 Å². The van der Waals surface area contributed by atoms with Crippen LogP contribution in [0.15, 0.2) is 0 Å². The zero-order chi connectivity index (χ0) is 42.5. The molecule has 0 aliphatic rings. The fourth-order valence-electron chi connectivity index (χ4n) is 8.08. The molecule has 0 rings (SSSR count). The lowest BCUT2D eigenvalue weighted by atomic mass is 10.0. The lowest BCUT2D eigenvalue weighted by Crippen LogP contribution is -2.46. The molecule has 0 bridgehead atoms. The largest absolute Gasteiger partial charge is 0.472 e. The summed E-state index contributed by atoms with van der Waals surface area (Å²) in [7, 11) is -4.31. The highest BCUT2D eigenvalue weighted by Gasteiger charge is 2.27. The first-order valence-corrected chi connectivity index (χ1v) is 27.1. The number of aliphatic hydroxyl groups excluding tert-OH is 1. The van der Waals surface area contributed by atoms with Gasteiger partial charge in [-0.2, -0.15) is 0 Å². The molecule has 0 saturated heterocycles. The molecule has 9 heteroatoms. The van der Waals surface area contributed by atoms with Gasteiger partial charge in [0.1, 0.15) is 0 Å². The van der Waals surface area contributed by atoms with Gasteiger partial charge in [0.2, 0.25) is 5.91 Å². The monoisotopic (exact) mass is 845 g/mol. The van der Waals surface area contributed by atoms with E-state index in [9.17, 15) is 19.4 Å². The average molecular weight is 845 g/mol. The molecule has 0 aliphatic carbocycles. The predicted octanol–water partition coefficient (Wildman–Crippen LogP) is 15.0. The summed E-state index contributed by atoms with van der Waals surface area (Å²) in [5, 5.41) is 13.9. The number of aliphatic hydroxyl groups is 1. The van der Waals surface area contributed by atoms with Crippen molar-refractivity contribution in [3.63, 3.8) is 0 Å². The highest BCUT2D eigenvalue weighted by Crippen LogP contribution is 2.43. The van der Waals surface area contributed by atoms with Crippen molar-refractivity contribution < 1.29 is 28.4 Å². The SMILES string of the molecule is CCCCCCCCCCCCCCCCCCCCCCC(O)C(COP(=O)(O)OCCN)NC(=O)CCCCCCCCCCCCCCCCCCCCC. The van der Waals surface area contributed by atoms with Crippen molar-refractivity contribution in [3.8, 4) is 0 Å². The Bertz CT molecular complexity index is 880. The van der Waals surface area contributed by atoms with E-state index < -0.39 is 20.0 Å². The number of phosphoric ester groups is 1. The maximum atomic E-state index is 12.8. The standard InChI is InChI=1S/C49H101N2O6P/c1-3-5-7-9-11-13-15-17-19-21-23-25-26-28-30-32-34-36-38-40-42-48(52)47(46-57-58(54,55)56-45-44-50)51-49(53)43-41-39-37-35-33-31-29-27-24-22-20-18-16-14-12-10-8-6-4-2/h47-48,52H,3-46,50H2,1-2H3,(H,51,53)(H,54,55). The lowest BCUT2D eigenvalue weighted by Gasteiger charge is -2.25. The van der Waals surface area contributed by atoms with Gasteiger partial charge in [0.25, 0.3) is 0 Å². The van der Waals surface area contributed by atoms with E-state index in [1.54, 1.807) is 0 Å². The molecular formula is C49H101N2O6P. The van der Waals surface area contributed by atoms with Gasteiger partial charge in [-0.05, 0) is 12.8 Å². The first-order valence-electron chi connectivity index (χ1n) is 25.7.